The SMILES string of the molecule is CCC1CCC(Oc2cc(C)ccc2C(C)O)CC1. The molecule has 2 rings (SSSR count). The van der Waals surface area contributed by atoms with E-state index < -0.39 is 6.10 Å². The Morgan fingerprint density at radius 2 is 1.95 bits per heavy atom. The van der Waals surface area contributed by atoms with Gasteiger partial charge in [-0.15, -0.1) is 0 Å². The van der Waals surface area contributed by atoms with Gasteiger partial charge in [0, 0.05) is 5.56 Å². The summed E-state index contributed by atoms with van der Waals surface area (Å²) in [6.07, 6.45) is 5.98. The van der Waals surface area contributed by atoms with Crippen LogP contribution in [0.2, 0.25) is 0 Å². The van der Waals surface area contributed by atoms with Crippen molar-refractivity contribution in [2.75, 3.05) is 0 Å². The molecular weight excluding hydrogens is 236 g/mol. The van der Waals surface area contributed by atoms with E-state index in [0.717, 1.165) is 30.1 Å². The third kappa shape index (κ3) is 3.73. The van der Waals surface area contributed by atoms with Gasteiger partial charge in [-0.1, -0.05) is 25.5 Å². The van der Waals surface area contributed by atoms with Gasteiger partial charge in [-0.2, -0.15) is 0 Å². The molecule has 1 saturated carbocycles. The lowest BCUT2D eigenvalue weighted by Gasteiger charge is -2.29. The predicted octanol–water partition coefficient (Wildman–Crippen LogP) is 4.40. The van der Waals surface area contributed by atoms with Crippen LogP contribution in [0.1, 0.15) is 63.2 Å². The van der Waals surface area contributed by atoms with E-state index in [2.05, 4.69) is 13.8 Å². The summed E-state index contributed by atoms with van der Waals surface area (Å²) in [6.45, 7) is 6.14. The van der Waals surface area contributed by atoms with Crippen LogP contribution >= 0.6 is 0 Å². The molecule has 1 fully saturated rings. The summed E-state index contributed by atoms with van der Waals surface area (Å²) in [5.74, 6) is 1.75. The minimum atomic E-state index is -0.470. The number of aliphatic hydroxyl groups excluding tert-OH is 1. The summed E-state index contributed by atoms with van der Waals surface area (Å²) in [5.41, 5.74) is 2.09. The molecule has 2 heteroatoms. The smallest absolute Gasteiger partial charge is 0.125 e. The van der Waals surface area contributed by atoms with Gasteiger partial charge >= 0.3 is 0 Å². The summed E-state index contributed by atoms with van der Waals surface area (Å²) >= 11 is 0. The molecule has 0 heterocycles. The molecule has 1 aromatic carbocycles. The molecule has 2 nitrogen and oxygen atoms in total. The number of rotatable bonds is 4. The summed E-state index contributed by atoms with van der Waals surface area (Å²) in [5, 5.41) is 9.83. The van der Waals surface area contributed by atoms with Gasteiger partial charge in [0.1, 0.15) is 5.75 Å². The molecular formula is C17H26O2. The van der Waals surface area contributed by atoms with E-state index in [1.165, 1.54) is 24.8 Å². The van der Waals surface area contributed by atoms with E-state index in [4.69, 9.17) is 4.74 Å². The largest absolute Gasteiger partial charge is 0.490 e. The molecule has 0 amide bonds. The molecule has 1 aliphatic carbocycles. The Morgan fingerprint density at radius 1 is 1.26 bits per heavy atom. The molecule has 1 aliphatic rings. The van der Waals surface area contributed by atoms with Gasteiger partial charge < -0.3 is 9.84 Å². The highest BCUT2D eigenvalue weighted by Gasteiger charge is 2.22. The maximum atomic E-state index is 9.83. The van der Waals surface area contributed by atoms with Crippen LogP contribution in [0, 0.1) is 12.8 Å². The molecule has 0 aliphatic heterocycles. The van der Waals surface area contributed by atoms with Crippen molar-refractivity contribution in [1.29, 1.82) is 0 Å². The van der Waals surface area contributed by atoms with E-state index in [-0.39, 0.29) is 0 Å². The fourth-order valence-corrected chi connectivity index (χ4v) is 2.93. The van der Waals surface area contributed by atoms with E-state index >= 15 is 0 Å². The van der Waals surface area contributed by atoms with Gasteiger partial charge in [0.15, 0.2) is 0 Å². The topological polar surface area (TPSA) is 29.5 Å². The zero-order valence-corrected chi connectivity index (χ0v) is 12.4. The summed E-state index contributed by atoms with van der Waals surface area (Å²) in [6, 6.07) is 6.06. The standard InChI is InChI=1S/C17H26O2/c1-4-14-6-8-15(9-7-14)19-17-11-12(2)5-10-16(17)13(3)18/h5,10-11,13-15,18H,4,6-9H2,1-3H3. The van der Waals surface area contributed by atoms with Crippen molar-refractivity contribution in [3.8, 4) is 5.75 Å². The van der Waals surface area contributed by atoms with Crippen molar-refractivity contribution < 1.29 is 9.84 Å². The first kappa shape index (κ1) is 14.4. The second-order valence-corrected chi connectivity index (χ2v) is 5.89. The number of hydrogen-bond acceptors (Lipinski definition) is 2. The highest BCUT2D eigenvalue weighted by molar-refractivity contribution is 5.38. The highest BCUT2D eigenvalue weighted by Crippen LogP contribution is 2.32. The van der Waals surface area contributed by atoms with E-state index in [1.54, 1.807) is 6.92 Å². The molecule has 1 N–H and O–H groups in total. The van der Waals surface area contributed by atoms with Gasteiger partial charge in [-0.25, -0.2) is 0 Å². The Kier molecular flexibility index (Phi) is 4.87. The minimum absolute atomic E-state index is 0.321. The molecule has 0 radical (unpaired) electrons. The molecule has 1 unspecified atom stereocenters. The Hall–Kier alpha value is -1.02. The fourth-order valence-electron chi connectivity index (χ4n) is 2.93. The Balaban J connectivity index is 2.04. The number of ether oxygens (including phenoxy) is 1. The maximum Gasteiger partial charge on any atom is 0.125 e. The van der Waals surface area contributed by atoms with Crippen LogP contribution < -0.4 is 4.74 Å². The zero-order valence-electron chi connectivity index (χ0n) is 12.4. The summed E-state index contributed by atoms with van der Waals surface area (Å²) in [7, 11) is 0. The predicted molar refractivity (Wildman–Crippen MR) is 78.5 cm³/mol. The van der Waals surface area contributed by atoms with Crippen LogP contribution in [-0.4, -0.2) is 11.2 Å². The number of aryl methyl sites for hydroxylation is 1. The number of aliphatic hydroxyl groups is 1. The van der Waals surface area contributed by atoms with E-state index in [0.29, 0.717) is 6.10 Å². The number of benzene rings is 1. The Morgan fingerprint density at radius 3 is 2.53 bits per heavy atom. The van der Waals surface area contributed by atoms with Crippen LogP contribution in [0.4, 0.5) is 0 Å². The van der Waals surface area contributed by atoms with Crippen molar-refractivity contribution in [2.45, 2.75) is 65.1 Å². The van der Waals surface area contributed by atoms with Crippen LogP contribution in [0.15, 0.2) is 18.2 Å². The van der Waals surface area contributed by atoms with Gasteiger partial charge in [0.05, 0.1) is 12.2 Å². The molecule has 0 saturated heterocycles. The van der Waals surface area contributed by atoms with E-state index in [9.17, 15) is 5.11 Å². The van der Waals surface area contributed by atoms with Gasteiger partial charge in [-0.05, 0) is 57.1 Å². The molecule has 1 aromatic rings. The molecule has 19 heavy (non-hydrogen) atoms. The third-order valence-corrected chi connectivity index (χ3v) is 4.28. The second-order valence-electron chi connectivity index (χ2n) is 5.89. The quantitative estimate of drug-likeness (QED) is 0.871. The lowest BCUT2D eigenvalue weighted by atomic mass is 9.86. The Labute approximate surface area is 116 Å². The van der Waals surface area contributed by atoms with E-state index in [1.807, 2.05) is 18.2 Å². The third-order valence-electron chi connectivity index (χ3n) is 4.28. The van der Waals surface area contributed by atoms with Gasteiger partial charge in [-0.3, -0.25) is 0 Å². The first-order valence-corrected chi connectivity index (χ1v) is 7.55. The molecule has 106 valence electrons. The second kappa shape index (κ2) is 6.42. The Bertz CT molecular complexity index is 404. The molecule has 0 aromatic heterocycles. The van der Waals surface area contributed by atoms with Crippen molar-refractivity contribution in [3.63, 3.8) is 0 Å². The van der Waals surface area contributed by atoms with Crippen molar-refractivity contribution in [1.82, 2.24) is 0 Å². The zero-order chi connectivity index (χ0) is 13.8. The minimum Gasteiger partial charge on any atom is -0.490 e. The summed E-state index contributed by atoms with van der Waals surface area (Å²) < 4.78 is 6.16. The average molecular weight is 262 g/mol. The van der Waals surface area contributed by atoms with Crippen molar-refractivity contribution in [3.05, 3.63) is 29.3 Å². The fraction of sp³-hybridized carbons (Fsp3) is 0.647. The van der Waals surface area contributed by atoms with Crippen molar-refractivity contribution in [2.24, 2.45) is 5.92 Å². The normalized spacial score (nSPS) is 25.1. The summed E-state index contributed by atoms with van der Waals surface area (Å²) in [4.78, 5) is 0. The first-order chi connectivity index (χ1) is 9.10. The monoisotopic (exact) mass is 262 g/mol. The van der Waals surface area contributed by atoms with Crippen LogP contribution in [0.3, 0.4) is 0 Å². The van der Waals surface area contributed by atoms with Crippen LogP contribution in [0.25, 0.3) is 0 Å². The van der Waals surface area contributed by atoms with Crippen molar-refractivity contribution >= 4 is 0 Å². The highest BCUT2D eigenvalue weighted by atomic mass is 16.5. The lowest BCUT2D eigenvalue weighted by molar-refractivity contribution is 0.122. The molecule has 0 bridgehead atoms. The van der Waals surface area contributed by atoms with Crippen LogP contribution in [0.5, 0.6) is 5.75 Å². The lowest BCUT2D eigenvalue weighted by Crippen LogP contribution is -2.24. The molecule has 0 spiro atoms. The maximum absolute atomic E-state index is 9.83. The van der Waals surface area contributed by atoms with Crippen LogP contribution in [-0.2, 0) is 0 Å². The molecule has 1 atom stereocenters. The first-order valence-electron chi connectivity index (χ1n) is 7.55. The average Bonchev–Trinajstić information content (AvgIpc) is 2.39. The number of hydrogen-bond donors (Lipinski definition) is 1. The van der Waals surface area contributed by atoms with Gasteiger partial charge in [0.2, 0.25) is 0 Å². The van der Waals surface area contributed by atoms with Gasteiger partial charge in [0.25, 0.3) is 0 Å².